The van der Waals surface area contributed by atoms with Gasteiger partial charge in [-0.3, -0.25) is 0 Å². The standard InChI is InChI=1S/C11H13FN2/c1-7(13-2)10-6-14-11-5-8(12)3-4-9(10)11/h3-7,13-14H,1-2H3/t7-/m1/s1. The predicted octanol–water partition coefficient (Wildman–Crippen LogP) is 2.59. The number of aromatic nitrogens is 1. The number of aromatic amines is 1. The Morgan fingerprint density at radius 1 is 1.43 bits per heavy atom. The molecule has 0 aliphatic rings. The molecule has 2 N–H and O–H groups in total. The summed E-state index contributed by atoms with van der Waals surface area (Å²) < 4.78 is 12.9. The van der Waals surface area contributed by atoms with Gasteiger partial charge in [-0.1, -0.05) is 0 Å². The van der Waals surface area contributed by atoms with E-state index in [1.165, 1.54) is 17.7 Å². The molecule has 1 aromatic heterocycles. The summed E-state index contributed by atoms with van der Waals surface area (Å²) in [5.41, 5.74) is 2.02. The van der Waals surface area contributed by atoms with Gasteiger partial charge in [0.05, 0.1) is 0 Å². The van der Waals surface area contributed by atoms with Crippen LogP contribution >= 0.6 is 0 Å². The summed E-state index contributed by atoms with van der Waals surface area (Å²) in [5.74, 6) is -0.206. The van der Waals surface area contributed by atoms with Crippen LogP contribution in [0.1, 0.15) is 18.5 Å². The van der Waals surface area contributed by atoms with E-state index < -0.39 is 0 Å². The zero-order valence-electron chi connectivity index (χ0n) is 8.26. The summed E-state index contributed by atoms with van der Waals surface area (Å²) >= 11 is 0. The molecule has 0 radical (unpaired) electrons. The van der Waals surface area contributed by atoms with Crippen molar-refractivity contribution < 1.29 is 4.39 Å². The molecule has 0 spiro atoms. The first-order valence-corrected chi connectivity index (χ1v) is 4.66. The van der Waals surface area contributed by atoms with Crippen molar-refractivity contribution in [1.82, 2.24) is 10.3 Å². The summed E-state index contributed by atoms with van der Waals surface area (Å²) in [6.45, 7) is 2.08. The minimum absolute atomic E-state index is 0.206. The van der Waals surface area contributed by atoms with Crippen LogP contribution in [0.5, 0.6) is 0 Å². The van der Waals surface area contributed by atoms with Crippen molar-refractivity contribution in [3.8, 4) is 0 Å². The fourth-order valence-corrected chi connectivity index (χ4v) is 1.63. The molecule has 0 aliphatic heterocycles. The van der Waals surface area contributed by atoms with Crippen molar-refractivity contribution in [1.29, 1.82) is 0 Å². The minimum atomic E-state index is -0.206. The van der Waals surface area contributed by atoms with Crippen LogP contribution in [0.4, 0.5) is 4.39 Å². The maximum Gasteiger partial charge on any atom is 0.125 e. The molecule has 14 heavy (non-hydrogen) atoms. The predicted molar refractivity (Wildman–Crippen MR) is 55.7 cm³/mol. The average Bonchev–Trinajstić information content (AvgIpc) is 2.59. The molecule has 0 saturated carbocycles. The summed E-state index contributed by atoms with van der Waals surface area (Å²) in [6.07, 6.45) is 1.92. The molecule has 1 atom stereocenters. The Bertz CT molecular complexity index is 447. The zero-order chi connectivity index (χ0) is 10.1. The number of H-pyrrole nitrogens is 1. The first-order chi connectivity index (χ1) is 6.72. The van der Waals surface area contributed by atoms with Gasteiger partial charge in [-0.05, 0) is 37.7 Å². The number of nitrogens with one attached hydrogen (secondary N) is 2. The third kappa shape index (κ3) is 1.40. The highest BCUT2D eigenvalue weighted by atomic mass is 19.1. The fraction of sp³-hybridized carbons (Fsp3) is 0.273. The summed E-state index contributed by atoms with van der Waals surface area (Å²) in [6, 6.07) is 5.09. The Kier molecular flexibility index (Phi) is 2.25. The van der Waals surface area contributed by atoms with Gasteiger partial charge in [0.25, 0.3) is 0 Å². The Hall–Kier alpha value is -1.35. The van der Waals surface area contributed by atoms with Gasteiger partial charge >= 0.3 is 0 Å². The van der Waals surface area contributed by atoms with Gasteiger partial charge in [0.1, 0.15) is 5.82 Å². The molecule has 2 rings (SSSR count). The average molecular weight is 192 g/mol. The first-order valence-electron chi connectivity index (χ1n) is 4.66. The van der Waals surface area contributed by atoms with Crippen molar-refractivity contribution in [3.05, 3.63) is 35.8 Å². The van der Waals surface area contributed by atoms with Gasteiger partial charge in [-0.2, -0.15) is 0 Å². The Balaban J connectivity index is 2.58. The number of hydrogen-bond donors (Lipinski definition) is 2. The van der Waals surface area contributed by atoms with Crippen molar-refractivity contribution >= 4 is 10.9 Å². The number of rotatable bonds is 2. The van der Waals surface area contributed by atoms with Crippen LogP contribution in [-0.4, -0.2) is 12.0 Å². The second-order valence-corrected chi connectivity index (χ2v) is 3.44. The van der Waals surface area contributed by atoms with Gasteiger partial charge in [0.2, 0.25) is 0 Å². The lowest BCUT2D eigenvalue weighted by atomic mass is 10.1. The van der Waals surface area contributed by atoms with Crippen LogP contribution in [0.3, 0.4) is 0 Å². The van der Waals surface area contributed by atoms with Crippen molar-refractivity contribution in [3.63, 3.8) is 0 Å². The summed E-state index contributed by atoms with van der Waals surface area (Å²) in [4.78, 5) is 3.06. The van der Waals surface area contributed by atoms with Crippen LogP contribution in [0, 0.1) is 5.82 Å². The Morgan fingerprint density at radius 3 is 2.93 bits per heavy atom. The second-order valence-electron chi connectivity index (χ2n) is 3.44. The monoisotopic (exact) mass is 192 g/mol. The lowest BCUT2D eigenvalue weighted by Gasteiger charge is -2.08. The van der Waals surface area contributed by atoms with Crippen molar-refractivity contribution in [2.24, 2.45) is 0 Å². The smallest absolute Gasteiger partial charge is 0.125 e. The third-order valence-corrected chi connectivity index (χ3v) is 2.58. The van der Waals surface area contributed by atoms with Gasteiger partial charge in [0.15, 0.2) is 0 Å². The van der Waals surface area contributed by atoms with Gasteiger partial charge in [0, 0.05) is 23.1 Å². The Labute approximate surface area is 82.1 Å². The van der Waals surface area contributed by atoms with Crippen molar-refractivity contribution in [2.75, 3.05) is 7.05 Å². The maximum absolute atomic E-state index is 12.9. The zero-order valence-corrected chi connectivity index (χ0v) is 8.26. The molecule has 0 unspecified atom stereocenters. The molecule has 0 fully saturated rings. The van der Waals surface area contributed by atoms with E-state index in [2.05, 4.69) is 17.2 Å². The Morgan fingerprint density at radius 2 is 2.21 bits per heavy atom. The van der Waals surface area contributed by atoms with Crippen molar-refractivity contribution in [2.45, 2.75) is 13.0 Å². The van der Waals surface area contributed by atoms with Crippen LogP contribution < -0.4 is 5.32 Å². The van der Waals surface area contributed by atoms with Gasteiger partial charge < -0.3 is 10.3 Å². The molecule has 2 nitrogen and oxygen atoms in total. The van der Waals surface area contributed by atoms with Gasteiger partial charge in [-0.25, -0.2) is 4.39 Å². The number of hydrogen-bond acceptors (Lipinski definition) is 1. The molecule has 0 amide bonds. The molecular weight excluding hydrogens is 179 g/mol. The molecular formula is C11H13FN2. The van der Waals surface area contributed by atoms with E-state index >= 15 is 0 Å². The number of fused-ring (bicyclic) bond motifs is 1. The highest BCUT2D eigenvalue weighted by Crippen LogP contribution is 2.24. The number of benzene rings is 1. The fourth-order valence-electron chi connectivity index (χ4n) is 1.63. The first kappa shape index (κ1) is 9.21. The highest BCUT2D eigenvalue weighted by Gasteiger charge is 2.09. The van der Waals surface area contributed by atoms with E-state index in [1.807, 2.05) is 19.3 Å². The van der Waals surface area contributed by atoms with E-state index in [9.17, 15) is 4.39 Å². The molecule has 0 bridgehead atoms. The highest BCUT2D eigenvalue weighted by molar-refractivity contribution is 5.83. The molecule has 0 aliphatic carbocycles. The van der Waals surface area contributed by atoms with Crippen LogP contribution in [0.25, 0.3) is 10.9 Å². The lowest BCUT2D eigenvalue weighted by molar-refractivity contribution is 0.629. The summed E-state index contributed by atoms with van der Waals surface area (Å²) in [7, 11) is 1.91. The second kappa shape index (κ2) is 3.42. The van der Waals surface area contributed by atoms with Crippen LogP contribution in [-0.2, 0) is 0 Å². The number of halogens is 1. The van der Waals surface area contributed by atoms with E-state index in [-0.39, 0.29) is 11.9 Å². The molecule has 1 aromatic carbocycles. The SMILES string of the molecule is CN[C@H](C)c1c[nH]c2cc(F)ccc12. The van der Waals surface area contributed by atoms with E-state index in [0.29, 0.717) is 0 Å². The van der Waals surface area contributed by atoms with E-state index in [0.717, 1.165) is 10.9 Å². The largest absolute Gasteiger partial charge is 0.361 e. The molecule has 3 heteroatoms. The van der Waals surface area contributed by atoms with Gasteiger partial charge in [-0.15, -0.1) is 0 Å². The topological polar surface area (TPSA) is 27.8 Å². The van der Waals surface area contributed by atoms with Crippen LogP contribution in [0.2, 0.25) is 0 Å². The quantitative estimate of drug-likeness (QED) is 0.752. The molecule has 74 valence electrons. The molecule has 1 heterocycles. The van der Waals surface area contributed by atoms with E-state index in [4.69, 9.17) is 0 Å². The lowest BCUT2D eigenvalue weighted by Crippen LogP contribution is -2.11. The molecule has 0 saturated heterocycles. The van der Waals surface area contributed by atoms with E-state index in [1.54, 1.807) is 0 Å². The molecule has 2 aromatic rings. The third-order valence-electron chi connectivity index (χ3n) is 2.58. The normalized spacial score (nSPS) is 13.4. The maximum atomic E-state index is 12.9. The minimum Gasteiger partial charge on any atom is -0.361 e. The van der Waals surface area contributed by atoms with Crippen LogP contribution in [0.15, 0.2) is 24.4 Å². The summed E-state index contributed by atoms with van der Waals surface area (Å²) in [5, 5.41) is 4.24.